The number of hydrogen-bond acceptors (Lipinski definition) is 6. The molecule has 1 fully saturated rings. The molecule has 0 radical (unpaired) electrons. The number of benzene rings is 2. The Labute approximate surface area is 225 Å². The van der Waals surface area contributed by atoms with Gasteiger partial charge in [-0.1, -0.05) is 31.9 Å². The van der Waals surface area contributed by atoms with Crippen LogP contribution in [0.3, 0.4) is 0 Å². The number of anilines is 1. The van der Waals surface area contributed by atoms with Gasteiger partial charge in [0.25, 0.3) is 5.91 Å². The maximum Gasteiger partial charge on any atom is 0.255 e. The van der Waals surface area contributed by atoms with Gasteiger partial charge in [0, 0.05) is 23.9 Å². The number of aliphatic hydroxyl groups is 2. The van der Waals surface area contributed by atoms with Crippen molar-refractivity contribution in [3.8, 4) is 0 Å². The van der Waals surface area contributed by atoms with Crippen LogP contribution in [0.1, 0.15) is 49.9 Å². The number of amides is 2. The summed E-state index contributed by atoms with van der Waals surface area (Å²) >= 11 is 6.26. The minimum absolute atomic E-state index is 0.0116. The van der Waals surface area contributed by atoms with Crippen molar-refractivity contribution in [1.82, 2.24) is 5.32 Å². The van der Waals surface area contributed by atoms with Gasteiger partial charge in [-0.25, -0.2) is 17.2 Å². The van der Waals surface area contributed by atoms with E-state index in [0.29, 0.717) is 6.42 Å². The number of aliphatic hydroxyl groups excluding tert-OH is 1. The lowest BCUT2D eigenvalue weighted by atomic mass is 9.66. The molecule has 1 saturated carbocycles. The number of hydrogen-bond donors (Lipinski definition) is 4. The summed E-state index contributed by atoms with van der Waals surface area (Å²) in [6, 6.07) is 6.57. The molecule has 2 amide bonds. The molecule has 4 N–H and O–H groups in total. The van der Waals surface area contributed by atoms with Crippen molar-refractivity contribution in [3.05, 3.63) is 58.6 Å². The van der Waals surface area contributed by atoms with Crippen LogP contribution in [0.5, 0.6) is 0 Å². The number of carbonyl (C=O) groups excluding carboxylic acids is 2. The maximum absolute atomic E-state index is 13.7. The molecule has 0 aliphatic heterocycles. The number of sulfone groups is 1. The molecule has 8 nitrogen and oxygen atoms in total. The molecular formula is C26H31ClF2N2O6S. The zero-order valence-electron chi connectivity index (χ0n) is 21.0. The highest BCUT2D eigenvalue weighted by atomic mass is 35.5. The first-order valence-electron chi connectivity index (χ1n) is 12.2. The van der Waals surface area contributed by atoms with E-state index < -0.39 is 56.0 Å². The Hall–Kier alpha value is -2.60. The number of halogens is 3. The molecule has 2 aromatic carbocycles. The summed E-state index contributed by atoms with van der Waals surface area (Å²) in [5.74, 6) is -4.46. The predicted octanol–water partition coefficient (Wildman–Crippen LogP) is 3.70. The van der Waals surface area contributed by atoms with Gasteiger partial charge in [-0.15, -0.1) is 0 Å². The minimum Gasteiger partial charge on any atom is -0.395 e. The molecule has 4 atom stereocenters. The van der Waals surface area contributed by atoms with Gasteiger partial charge >= 0.3 is 0 Å². The van der Waals surface area contributed by atoms with Crippen molar-refractivity contribution in [1.29, 1.82) is 0 Å². The van der Waals surface area contributed by atoms with Crippen LogP contribution < -0.4 is 10.6 Å². The van der Waals surface area contributed by atoms with Crippen LogP contribution in [-0.4, -0.2) is 54.4 Å². The highest BCUT2D eigenvalue weighted by Crippen LogP contribution is 2.46. The van der Waals surface area contributed by atoms with Crippen LogP contribution in [0.15, 0.2) is 41.3 Å². The Morgan fingerprint density at radius 1 is 1.13 bits per heavy atom. The fourth-order valence-electron chi connectivity index (χ4n) is 5.04. The van der Waals surface area contributed by atoms with Gasteiger partial charge in [0.05, 0.1) is 33.8 Å². The summed E-state index contributed by atoms with van der Waals surface area (Å²) in [4.78, 5) is 24.8. The lowest BCUT2D eigenvalue weighted by Crippen LogP contribution is -2.54. The number of nitrogens with one attached hydrogen (secondary N) is 2. The third-order valence-corrected chi connectivity index (χ3v) is 9.87. The minimum atomic E-state index is -4.07. The van der Waals surface area contributed by atoms with E-state index in [4.69, 9.17) is 16.7 Å². The quantitative estimate of drug-likeness (QED) is 0.362. The third kappa shape index (κ3) is 6.33. The molecule has 1 aliphatic rings. The zero-order valence-corrected chi connectivity index (χ0v) is 22.6. The number of carbonyl (C=O) groups is 2. The summed E-state index contributed by atoms with van der Waals surface area (Å²) in [7, 11) is -4.07. The van der Waals surface area contributed by atoms with Crippen molar-refractivity contribution < 1.29 is 37.0 Å². The standard InChI is InChI=1S/C26H31ClF2N2O6S/c1-3-17-12-19(10-15(2)26(17,35)14-24(33)30-8-9-32)38(36,37)23-11-16(4-6-20(23)27)25(34)31-18-5-7-21(28)22(29)13-18/h4-7,11,13,15,17,19,32,35H,3,8-10,12,14H2,1-2H3,(H,30,33)(H,31,34)/t15-,17?,19-,26-/m0/s1. The van der Waals surface area contributed by atoms with Crippen molar-refractivity contribution in [2.75, 3.05) is 18.5 Å². The molecule has 2 aromatic rings. The smallest absolute Gasteiger partial charge is 0.255 e. The summed E-state index contributed by atoms with van der Waals surface area (Å²) < 4.78 is 54.1. The fraction of sp³-hybridized carbons (Fsp3) is 0.462. The molecule has 0 spiro atoms. The van der Waals surface area contributed by atoms with Crippen LogP contribution in [0.2, 0.25) is 5.02 Å². The van der Waals surface area contributed by atoms with E-state index >= 15 is 0 Å². The molecule has 12 heteroatoms. The Balaban J connectivity index is 1.85. The highest BCUT2D eigenvalue weighted by Gasteiger charge is 2.50. The van der Waals surface area contributed by atoms with E-state index in [9.17, 15) is 31.9 Å². The highest BCUT2D eigenvalue weighted by molar-refractivity contribution is 7.92. The fourth-order valence-corrected chi connectivity index (χ4v) is 7.50. The van der Waals surface area contributed by atoms with Crippen LogP contribution in [0.4, 0.5) is 14.5 Å². The molecule has 0 heterocycles. The molecule has 3 rings (SSSR count). The third-order valence-electron chi connectivity index (χ3n) is 7.21. The first-order valence-corrected chi connectivity index (χ1v) is 14.2. The SMILES string of the molecule is CCC1C[C@@H](S(=O)(=O)c2cc(C(=O)Nc3ccc(F)c(F)c3)ccc2Cl)C[C@H](C)[C@@]1(O)CC(=O)NCCO. The number of rotatable bonds is 9. The first kappa shape index (κ1) is 29.9. The topological polar surface area (TPSA) is 133 Å². The average molecular weight is 573 g/mol. The Kier molecular flexibility index (Phi) is 9.51. The molecule has 0 saturated heterocycles. The molecule has 208 valence electrons. The summed E-state index contributed by atoms with van der Waals surface area (Å²) in [5.41, 5.74) is -1.50. The maximum atomic E-state index is 13.7. The molecule has 0 bridgehead atoms. The summed E-state index contributed by atoms with van der Waals surface area (Å²) in [5, 5.41) is 24.3. The lowest BCUT2D eigenvalue weighted by Gasteiger charge is -2.47. The first-order chi connectivity index (χ1) is 17.8. The van der Waals surface area contributed by atoms with Gasteiger partial charge in [0.15, 0.2) is 21.5 Å². The molecule has 38 heavy (non-hydrogen) atoms. The predicted molar refractivity (Wildman–Crippen MR) is 139 cm³/mol. The Bertz CT molecular complexity index is 1310. The van der Waals surface area contributed by atoms with Crippen LogP contribution >= 0.6 is 11.6 Å². The second kappa shape index (κ2) is 12.1. The Morgan fingerprint density at radius 3 is 2.47 bits per heavy atom. The van der Waals surface area contributed by atoms with E-state index in [2.05, 4.69) is 10.6 Å². The average Bonchev–Trinajstić information content (AvgIpc) is 2.86. The zero-order chi connectivity index (χ0) is 28.3. The van der Waals surface area contributed by atoms with Gasteiger partial charge in [0.1, 0.15) is 0 Å². The van der Waals surface area contributed by atoms with E-state index in [1.165, 1.54) is 18.2 Å². The normalized spacial score (nSPS) is 23.6. The second-order valence-electron chi connectivity index (χ2n) is 9.61. The van der Waals surface area contributed by atoms with Crippen LogP contribution in [0.25, 0.3) is 0 Å². The van der Waals surface area contributed by atoms with E-state index in [-0.39, 0.29) is 53.6 Å². The van der Waals surface area contributed by atoms with Crippen molar-refractivity contribution in [3.63, 3.8) is 0 Å². The second-order valence-corrected chi connectivity index (χ2v) is 12.2. The van der Waals surface area contributed by atoms with Crippen LogP contribution in [-0.2, 0) is 14.6 Å². The van der Waals surface area contributed by atoms with Gasteiger partial charge in [-0.3, -0.25) is 9.59 Å². The monoisotopic (exact) mass is 572 g/mol. The van der Waals surface area contributed by atoms with Gasteiger partial charge in [-0.05, 0) is 55.0 Å². The van der Waals surface area contributed by atoms with Gasteiger partial charge in [0.2, 0.25) is 5.91 Å². The van der Waals surface area contributed by atoms with Gasteiger partial charge < -0.3 is 20.8 Å². The molecular weight excluding hydrogens is 542 g/mol. The largest absolute Gasteiger partial charge is 0.395 e. The van der Waals surface area contributed by atoms with E-state index in [1.807, 2.05) is 0 Å². The van der Waals surface area contributed by atoms with E-state index in [0.717, 1.165) is 18.2 Å². The summed E-state index contributed by atoms with van der Waals surface area (Å²) in [6.45, 7) is 3.31. The Morgan fingerprint density at radius 2 is 1.84 bits per heavy atom. The van der Waals surface area contributed by atoms with Crippen LogP contribution in [0, 0.1) is 23.5 Å². The lowest BCUT2D eigenvalue weighted by molar-refractivity contribution is -0.138. The van der Waals surface area contributed by atoms with Crippen molar-refractivity contribution >= 4 is 38.9 Å². The molecule has 0 aromatic heterocycles. The van der Waals surface area contributed by atoms with E-state index in [1.54, 1.807) is 13.8 Å². The summed E-state index contributed by atoms with van der Waals surface area (Å²) in [6.07, 6.45) is 0.336. The molecule has 1 aliphatic carbocycles. The van der Waals surface area contributed by atoms with Crippen molar-refractivity contribution in [2.24, 2.45) is 11.8 Å². The molecule has 1 unspecified atom stereocenters. The van der Waals surface area contributed by atoms with Crippen molar-refractivity contribution in [2.45, 2.75) is 55.3 Å². The van der Waals surface area contributed by atoms with Gasteiger partial charge in [-0.2, -0.15) is 0 Å².